The van der Waals surface area contributed by atoms with Gasteiger partial charge in [0.05, 0.1) is 22.8 Å². The van der Waals surface area contributed by atoms with E-state index in [9.17, 15) is 27.5 Å². The minimum atomic E-state index is -4.64. The minimum Gasteiger partial charge on any atom is -0.493 e. The molecule has 7 rings (SSSR count). The van der Waals surface area contributed by atoms with Crippen LogP contribution in [0.1, 0.15) is 33.9 Å². The van der Waals surface area contributed by atoms with Gasteiger partial charge in [-0.3, -0.25) is 14.4 Å². The van der Waals surface area contributed by atoms with Crippen LogP contribution in [0.15, 0.2) is 48.5 Å². The first-order valence-electron chi connectivity index (χ1n) is 18.3. The average Bonchev–Trinajstić information content (AvgIpc) is 3.58. The molecule has 2 aliphatic heterocycles. The number of piperazine rings is 1. The van der Waals surface area contributed by atoms with Crippen LogP contribution in [0.5, 0.6) is 5.75 Å². The Morgan fingerprint density at radius 1 is 1.02 bits per heavy atom. The van der Waals surface area contributed by atoms with Gasteiger partial charge >= 0.3 is 12.1 Å². The molecule has 0 radical (unpaired) electrons. The largest absolute Gasteiger partial charge is 0.493 e. The number of fused-ring (bicyclic) bond motifs is 2. The van der Waals surface area contributed by atoms with Gasteiger partial charge < -0.3 is 24.6 Å². The van der Waals surface area contributed by atoms with Crippen molar-refractivity contribution < 1.29 is 37.0 Å². The monoisotopic (exact) mass is 784 g/mol. The first-order valence-corrected chi connectivity index (χ1v) is 18.7. The Bertz CT molecular complexity index is 2170. The van der Waals surface area contributed by atoms with Crippen molar-refractivity contribution in [3.63, 3.8) is 0 Å². The Balaban J connectivity index is 0.000000794. The van der Waals surface area contributed by atoms with E-state index in [0.29, 0.717) is 42.5 Å². The van der Waals surface area contributed by atoms with Crippen molar-refractivity contribution >= 4 is 45.5 Å². The number of halogens is 5. The number of carbonyl (C=O) groups is 2. The Morgan fingerprint density at radius 2 is 1.71 bits per heavy atom. The number of carboxylic acid groups (broad SMARTS) is 1. The second kappa shape index (κ2) is 17.1. The zero-order chi connectivity index (χ0) is 39.4. The Hall–Kier alpha value is -4.50. The van der Waals surface area contributed by atoms with E-state index in [0.717, 1.165) is 108 Å². The number of aromatic carboxylic acids is 1. The van der Waals surface area contributed by atoms with Gasteiger partial charge in [-0.25, -0.2) is 9.18 Å². The molecule has 0 saturated carbocycles. The minimum absolute atomic E-state index is 0.289. The van der Waals surface area contributed by atoms with Crippen molar-refractivity contribution in [2.24, 2.45) is 13.0 Å². The highest BCUT2D eigenvalue weighted by molar-refractivity contribution is 6.35. The van der Waals surface area contributed by atoms with Crippen LogP contribution in [0, 0.1) is 25.6 Å². The van der Waals surface area contributed by atoms with Crippen LogP contribution in [0.25, 0.3) is 32.8 Å². The van der Waals surface area contributed by atoms with Gasteiger partial charge in [-0.15, -0.1) is 0 Å². The van der Waals surface area contributed by atoms with E-state index in [1.165, 1.54) is 12.1 Å². The summed E-state index contributed by atoms with van der Waals surface area (Å²) in [5.41, 5.74) is 5.51. The predicted molar refractivity (Wildman–Crippen MR) is 205 cm³/mol. The van der Waals surface area contributed by atoms with Gasteiger partial charge in [0.1, 0.15) is 17.3 Å². The van der Waals surface area contributed by atoms with Crippen LogP contribution in [0.3, 0.4) is 0 Å². The molecular formula is C40H45ClF4N6O4. The summed E-state index contributed by atoms with van der Waals surface area (Å²) in [6.45, 7) is 13.0. The maximum Gasteiger partial charge on any atom is 0.446 e. The first-order chi connectivity index (χ1) is 26.3. The molecular weight excluding hydrogens is 740 g/mol. The topological polar surface area (TPSA) is 105 Å². The molecule has 0 amide bonds. The molecule has 5 aromatic rings. The molecule has 15 heteroatoms. The highest BCUT2D eigenvalue weighted by Gasteiger charge is 2.29. The maximum atomic E-state index is 13.8. The van der Waals surface area contributed by atoms with E-state index in [2.05, 4.69) is 20.2 Å². The average molecular weight is 785 g/mol. The third-order valence-electron chi connectivity index (χ3n) is 10.5. The van der Waals surface area contributed by atoms with Crippen LogP contribution in [0.2, 0.25) is 5.02 Å². The summed E-state index contributed by atoms with van der Waals surface area (Å²) < 4.78 is 55.1. The lowest BCUT2D eigenvalue weighted by Crippen LogP contribution is -2.53. The van der Waals surface area contributed by atoms with E-state index in [1.807, 2.05) is 60.5 Å². The van der Waals surface area contributed by atoms with Gasteiger partial charge in [0.25, 0.3) is 0 Å². The van der Waals surface area contributed by atoms with Gasteiger partial charge in [-0.2, -0.15) is 18.3 Å². The zero-order valence-corrected chi connectivity index (χ0v) is 31.8. The van der Waals surface area contributed by atoms with Crippen LogP contribution in [0.4, 0.5) is 17.6 Å². The van der Waals surface area contributed by atoms with E-state index < -0.39 is 18.4 Å². The molecule has 0 spiro atoms. The molecule has 0 atom stereocenters. The number of carboxylic acids is 1. The summed E-state index contributed by atoms with van der Waals surface area (Å²) in [7, 11) is 1.92. The van der Waals surface area contributed by atoms with Crippen LogP contribution in [-0.2, 0) is 24.8 Å². The number of carbonyl (C=O) groups excluding carboxylic acids is 1. The zero-order valence-electron chi connectivity index (χ0n) is 31.1. The Labute approximate surface area is 321 Å². The second-order valence-electron chi connectivity index (χ2n) is 14.2. The van der Waals surface area contributed by atoms with Gasteiger partial charge in [-0.05, 0) is 73.9 Å². The van der Waals surface area contributed by atoms with E-state index in [1.54, 1.807) is 6.07 Å². The number of hydrogen-bond acceptors (Lipinski definition) is 7. The Kier molecular flexibility index (Phi) is 12.5. The molecule has 294 valence electrons. The number of benzene rings is 3. The lowest BCUT2D eigenvalue weighted by molar-refractivity contribution is -0.156. The number of nitrogens with one attached hydrogen (secondary N) is 1. The molecule has 55 heavy (non-hydrogen) atoms. The highest BCUT2D eigenvalue weighted by Crippen LogP contribution is 2.42. The summed E-state index contributed by atoms with van der Waals surface area (Å²) >= 11 is 7.02. The van der Waals surface area contributed by atoms with Crippen molar-refractivity contribution in [2.75, 3.05) is 59.0 Å². The van der Waals surface area contributed by atoms with Gasteiger partial charge in [-0.1, -0.05) is 29.8 Å². The third kappa shape index (κ3) is 9.15. The molecule has 0 bridgehead atoms. The van der Waals surface area contributed by atoms with Crippen LogP contribution in [-0.4, -0.2) is 107 Å². The Morgan fingerprint density at radius 3 is 2.33 bits per heavy atom. The lowest BCUT2D eigenvalue weighted by atomic mass is 9.98. The first kappa shape index (κ1) is 40.2. The fraction of sp³-hybridized carbons (Fsp3) is 0.425. The quantitative estimate of drug-likeness (QED) is 0.0801. The second-order valence-corrected chi connectivity index (χ2v) is 14.6. The van der Waals surface area contributed by atoms with Crippen LogP contribution < -0.4 is 10.1 Å². The third-order valence-corrected chi connectivity index (χ3v) is 10.8. The number of ether oxygens (including phenoxy) is 1. The summed E-state index contributed by atoms with van der Waals surface area (Å²) in [4.78, 5) is 26.9. The van der Waals surface area contributed by atoms with Gasteiger partial charge in [0.2, 0.25) is 6.29 Å². The molecule has 3 aromatic carbocycles. The maximum absolute atomic E-state index is 13.8. The van der Waals surface area contributed by atoms with Crippen molar-refractivity contribution in [1.82, 2.24) is 29.5 Å². The molecule has 4 heterocycles. The molecule has 0 aliphatic carbocycles. The lowest BCUT2D eigenvalue weighted by Gasteiger charge is -2.38. The van der Waals surface area contributed by atoms with E-state index in [-0.39, 0.29) is 5.82 Å². The number of rotatable bonds is 12. The number of aldehydes is 1. The number of aryl methyl sites for hydroxylation is 3. The van der Waals surface area contributed by atoms with Gasteiger partial charge in [0, 0.05) is 93.5 Å². The molecule has 2 saturated heterocycles. The number of alkyl halides is 3. The SMILES string of the molecule is Cc1nn(C)c(C)c1-c1c(Cl)ccc2c(CCCOc3cccc4cc(F)ccc34)c(C(=O)O)n(CCN3CCN(CC4CNC4)CC3)c12.O=CC(F)(F)F. The predicted octanol–water partition coefficient (Wildman–Crippen LogP) is 6.90. The van der Waals surface area contributed by atoms with Crippen molar-refractivity contribution in [3.8, 4) is 16.9 Å². The standard InChI is InChI=1S/C38H44ClFN6O3.C2HF3O/c1-24-34(25(2)43(3)42-24)35-32(39)12-11-31-30(7-5-19-49-33-8-4-6-27-20-28(40)9-10-29(27)33)37(38(47)48)46(36(31)35)18-17-44-13-15-45(16-14-44)23-26-21-41-22-26;3-2(4,5)1-6/h4,6,8-12,20,26,41H,5,7,13-19,21-23H2,1-3H3,(H,47,48);1H. The summed E-state index contributed by atoms with van der Waals surface area (Å²) in [6, 6.07) is 14.1. The normalized spacial score (nSPS) is 15.6. The smallest absolute Gasteiger partial charge is 0.446 e. The van der Waals surface area contributed by atoms with Crippen molar-refractivity contribution in [1.29, 1.82) is 0 Å². The fourth-order valence-corrected chi connectivity index (χ4v) is 7.90. The van der Waals surface area contributed by atoms with E-state index >= 15 is 0 Å². The summed E-state index contributed by atoms with van der Waals surface area (Å²) in [6.07, 6.45) is -4.60. The van der Waals surface area contributed by atoms with Crippen LogP contribution >= 0.6 is 11.6 Å². The fourth-order valence-electron chi connectivity index (χ4n) is 7.65. The van der Waals surface area contributed by atoms with E-state index in [4.69, 9.17) is 21.1 Å². The van der Waals surface area contributed by atoms with Crippen molar-refractivity contribution in [2.45, 2.75) is 39.4 Å². The number of aromatic nitrogens is 3. The molecule has 0 unspecified atom stereocenters. The highest BCUT2D eigenvalue weighted by atomic mass is 35.5. The number of hydrogen-bond donors (Lipinski definition) is 2. The number of nitrogens with zero attached hydrogens (tertiary/aromatic N) is 5. The van der Waals surface area contributed by atoms with Crippen molar-refractivity contribution in [3.05, 3.63) is 82.0 Å². The summed E-state index contributed by atoms with van der Waals surface area (Å²) in [5.74, 6) is 0.185. The molecule has 2 aromatic heterocycles. The molecule has 10 nitrogen and oxygen atoms in total. The molecule has 2 N–H and O–H groups in total. The van der Waals surface area contributed by atoms with Gasteiger partial charge in [0.15, 0.2) is 0 Å². The summed E-state index contributed by atoms with van der Waals surface area (Å²) in [5, 5.41) is 21.9. The molecule has 2 aliphatic rings. The molecule has 2 fully saturated rings.